The van der Waals surface area contributed by atoms with Gasteiger partial charge >= 0.3 is 12.1 Å². The van der Waals surface area contributed by atoms with Crippen molar-refractivity contribution in [3.05, 3.63) is 34.4 Å². The molecule has 1 aromatic rings. The largest absolute Gasteiger partial charge is 0.466 e. The predicted molar refractivity (Wildman–Crippen MR) is 65.9 cm³/mol. The molecule has 1 aromatic carbocycles. The Morgan fingerprint density at radius 2 is 2.00 bits per heavy atom. The van der Waals surface area contributed by atoms with E-state index in [2.05, 4.69) is 0 Å². The Labute approximate surface area is 115 Å². The van der Waals surface area contributed by atoms with E-state index in [-0.39, 0.29) is 30.6 Å². The summed E-state index contributed by atoms with van der Waals surface area (Å²) in [5.41, 5.74) is -1.16. The third-order valence-electron chi connectivity index (χ3n) is 2.81. The molecule has 0 aliphatic carbocycles. The van der Waals surface area contributed by atoms with E-state index in [4.69, 9.17) is 10.00 Å². The number of carbonyl (C=O) groups is 1. The van der Waals surface area contributed by atoms with Crippen LogP contribution in [-0.4, -0.2) is 12.6 Å². The highest BCUT2D eigenvalue weighted by Gasteiger charge is 2.37. The zero-order chi connectivity index (χ0) is 15.3. The van der Waals surface area contributed by atoms with E-state index in [1.165, 1.54) is 6.07 Å². The fourth-order valence-corrected chi connectivity index (χ4v) is 2.04. The number of halogens is 3. The zero-order valence-corrected chi connectivity index (χ0v) is 11.2. The first-order valence-corrected chi connectivity index (χ1v) is 6.12. The molecule has 0 N–H and O–H groups in total. The maximum atomic E-state index is 13.1. The number of nitriles is 1. The summed E-state index contributed by atoms with van der Waals surface area (Å²) in [4.78, 5) is 11.4. The molecule has 108 valence electrons. The molecular formula is C14H14F3NO2. The Morgan fingerprint density at radius 3 is 2.45 bits per heavy atom. The van der Waals surface area contributed by atoms with Gasteiger partial charge in [0.05, 0.1) is 30.2 Å². The van der Waals surface area contributed by atoms with Gasteiger partial charge in [0.2, 0.25) is 0 Å². The molecule has 0 atom stereocenters. The molecule has 0 aromatic heterocycles. The Morgan fingerprint density at radius 1 is 1.35 bits per heavy atom. The van der Waals surface area contributed by atoms with Crippen LogP contribution in [0, 0.1) is 11.3 Å². The van der Waals surface area contributed by atoms with Gasteiger partial charge in [-0.15, -0.1) is 0 Å². The minimum Gasteiger partial charge on any atom is -0.466 e. The van der Waals surface area contributed by atoms with Gasteiger partial charge in [-0.25, -0.2) is 0 Å². The lowest BCUT2D eigenvalue weighted by atomic mass is 9.92. The van der Waals surface area contributed by atoms with E-state index in [1.807, 2.05) is 0 Å². The van der Waals surface area contributed by atoms with E-state index >= 15 is 0 Å². The fraction of sp³-hybridized carbons (Fsp3) is 0.429. The number of benzene rings is 1. The van der Waals surface area contributed by atoms with Crippen LogP contribution in [0.25, 0.3) is 0 Å². The van der Waals surface area contributed by atoms with Crippen LogP contribution in [0.15, 0.2) is 12.1 Å². The summed E-state index contributed by atoms with van der Waals surface area (Å²) in [6.07, 6.45) is -4.77. The van der Waals surface area contributed by atoms with Crippen molar-refractivity contribution in [1.29, 1.82) is 5.26 Å². The summed E-state index contributed by atoms with van der Waals surface area (Å²) in [6, 6.07) is 4.02. The first-order valence-electron chi connectivity index (χ1n) is 6.12. The predicted octanol–water partition coefficient (Wildman–Crippen LogP) is 3.25. The number of hydrogen-bond donors (Lipinski definition) is 0. The van der Waals surface area contributed by atoms with Crippen molar-refractivity contribution < 1.29 is 22.7 Å². The van der Waals surface area contributed by atoms with E-state index < -0.39 is 23.3 Å². The van der Waals surface area contributed by atoms with Gasteiger partial charge in [0.15, 0.2) is 0 Å². The second-order valence-corrected chi connectivity index (χ2v) is 4.07. The molecular weight excluding hydrogens is 271 g/mol. The van der Waals surface area contributed by atoms with Crippen LogP contribution >= 0.6 is 0 Å². The minimum atomic E-state index is -4.62. The number of hydrogen-bond acceptors (Lipinski definition) is 3. The monoisotopic (exact) mass is 285 g/mol. The number of carbonyl (C=O) groups excluding carboxylic acids is 1. The number of rotatable bonds is 4. The Balaban J connectivity index is 3.35. The topological polar surface area (TPSA) is 50.1 Å². The molecule has 1 rings (SSSR count). The van der Waals surface area contributed by atoms with Crippen LogP contribution in [-0.2, 0) is 28.5 Å². The molecule has 0 saturated carbocycles. The lowest BCUT2D eigenvalue weighted by Gasteiger charge is -2.17. The van der Waals surface area contributed by atoms with Crippen molar-refractivity contribution in [2.75, 3.05) is 6.61 Å². The molecule has 0 unspecified atom stereocenters. The summed E-state index contributed by atoms with van der Waals surface area (Å²) >= 11 is 0. The van der Waals surface area contributed by atoms with Gasteiger partial charge in [-0.2, -0.15) is 18.4 Å². The number of ether oxygens (including phenoxy) is 1. The van der Waals surface area contributed by atoms with Gasteiger partial charge in [-0.1, -0.05) is 13.0 Å². The van der Waals surface area contributed by atoms with Crippen LogP contribution in [0.2, 0.25) is 0 Å². The standard InChI is InChI=1S/C14H14F3NO2/c1-3-11-9(7-12(19)20-4-2)5-6-10(8-18)13(11)14(15,16)17/h5-6H,3-4,7H2,1-2H3. The van der Waals surface area contributed by atoms with E-state index in [0.29, 0.717) is 0 Å². The van der Waals surface area contributed by atoms with E-state index in [9.17, 15) is 18.0 Å². The number of alkyl halides is 3. The van der Waals surface area contributed by atoms with Gasteiger partial charge < -0.3 is 4.74 Å². The van der Waals surface area contributed by atoms with E-state index in [1.54, 1.807) is 19.9 Å². The summed E-state index contributed by atoms with van der Waals surface area (Å²) in [7, 11) is 0. The zero-order valence-electron chi connectivity index (χ0n) is 11.2. The Bertz CT molecular complexity index is 545. The second-order valence-electron chi connectivity index (χ2n) is 4.07. The highest BCUT2D eigenvalue weighted by Crippen LogP contribution is 2.36. The molecule has 0 heterocycles. The highest BCUT2D eigenvalue weighted by atomic mass is 19.4. The van der Waals surface area contributed by atoms with Crippen LogP contribution in [0.3, 0.4) is 0 Å². The summed E-state index contributed by atoms with van der Waals surface area (Å²) in [5, 5.41) is 8.82. The van der Waals surface area contributed by atoms with Crippen molar-refractivity contribution in [3.8, 4) is 6.07 Å². The average molecular weight is 285 g/mol. The molecule has 0 amide bonds. The van der Waals surface area contributed by atoms with Gasteiger partial charge in [-0.3, -0.25) is 4.79 Å². The van der Waals surface area contributed by atoms with Gasteiger partial charge in [0, 0.05) is 0 Å². The summed E-state index contributed by atoms with van der Waals surface area (Å²) in [6.45, 7) is 3.35. The first kappa shape index (κ1) is 16.0. The summed E-state index contributed by atoms with van der Waals surface area (Å²) in [5.74, 6) is -0.583. The van der Waals surface area contributed by atoms with Crippen LogP contribution in [0.4, 0.5) is 13.2 Å². The van der Waals surface area contributed by atoms with Crippen molar-refractivity contribution in [3.63, 3.8) is 0 Å². The van der Waals surface area contributed by atoms with Gasteiger partial charge in [-0.05, 0) is 30.5 Å². The first-order chi connectivity index (χ1) is 9.35. The normalized spacial score (nSPS) is 11.0. The quantitative estimate of drug-likeness (QED) is 0.798. The molecule has 0 fully saturated rings. The maximum Gasteiger partial charge on any atom is 0.417 e. The fourth-order valence-electron chi connectivity index (χ4n) is 2.04. The van der Waals surface area contributed by atoms with Crippen molar-refractivity contribution in [2.24, 2.45) is 0 Å². The Hall–Kier alpha value is -2.03. The lowest BCUT2D eigenvalue weighted by molar-refractivity contribution is -0.143. The smallest absolute Gasteiger partial charge is 0.417 e. The molecule has 0 aliphatic heterocycles. The lowest BCUT2D eigenvalue weighted by Crippen LogP contribution is -2.16. The molecule has 0 aliphatic rings. The maximum absolute atomic E-state index is 13.1. The number of esters is 1. The molecule has 0 radical (unpaired) electrons. The van der Waals surface area contributed by atoms with E-state index in [0.717, 1.165) is 6.07 Å². The minimum absolute atomic E-state index is 0.0235. The molecule has 20 heavy (non-hydrogen) atoms. The van der Waals surface area contributed by atoms with Crippen molar-refractivity contribution in [1.82, 2.24) is 0 Å². The van der Waals surface area contributed by atoms with Crippen molar-refractivity contribution >= 4 is 5.97 Å². The number of nitrogens with zero attached hydrogens (tertiary/aromatic N) is 1. The van der Waals surface area contributed by atoms with Gasteiger partial charge in [0.1, 0.15) is 0 Å². The molecule has 0 bridgehead atoms. The molecule has 6 heteroatoms. The molecule has 0 saturated heterocycles. The third kappa shape index (κ3) is 3.50. The Kier molecular flexibility index (Phi) is 5.14. The van der Waals surface area contributed by atoms with Crippen molar-refractivity contribution in [2.45, 2.75) is 32.9 Å². The van der Waals surface area contributed by atoms with Crippen LogP contribution < -0.4 is 0 Å². The molecule has 0 spiro atoms. The molecule has 3 nitrogen and oxygen atoms in total. The third-order valence-corrected chi connectivity index (χ3v) is 2.81. The van der Waals surface area contributed by atoms with Crippen LogP contribution in [0.1, 0.15) is 36.1 Å². The average Bonchev–Trinajstić information content (AvgIpc) is 2.37. The second kappa shape index (κ2) is 6.42. The van der Waals surface area contributed by atoms with Gasteiger partial charge in [0.25, 0.3) is 0 Å². The van der Waals surface area contributed by atoms with Crippen LogP contribution in [0.5, 0.6) is 0 Å². The SMILES string of the molecule is CCOC(=O)Cc1ccc(C#N)c(C(F)(F)F)c1CC. The summed E-state index contributed by atoms with van der Waals surface area (Å²) < 4.78 is 44.0. The highest BCUT2D eigenvalue weighted by molar-refractivity contribution is 5.73.